The van der Waals surface area contributed by atoms with Gasteiger partial charge < -0.3 is 10.2 Å². The van der Waals surface area contributed by atoms with Gasteiger partial charge in [0.15, 0.2) is 6.10 Å². The fourth-order valence-corrected chi connectivity index (χ4v) is 1.46. The number of aliphatic hydroxyl groups excluding tert-OH is 1. The van der Waals surface area contributed by atoms with E-state index in [1.165, 1.54) is 0 Å². The van der Waals surface area contributed by atoms with E-state index in [2.05, 4.69) is 0 Å². The predicted octanol–water partition coefficient (Wildman–Crippen LogP) is -0.783. The lowest BCUT2D eigenvalue weighted by Crippen LogP contribution is -2.34. The van der Waals surface area contributed by atoms with Crippen molar-refractivity contribution in [2.24, 2.45) is 5.92 Å². The Balaban J connectivity index is 2.49. The average Bonchev–Trinajstić information content (AvgIpc) is 2.38. The van der Waals surface area contributed by atoms with Gasteiger partial charge in [-0.15, -0.1) is 0 Å². The molecule has 0 radical (unpaired) electrons. The molecule has 15 heavy (non-hydrogen) atoms. The van der Waals surface area contributed by atoms with Crippen LogP contribution < -0.4 is 0 Å². The van der Waals surface area contributed by atoms with Crippen molar-refractivity contribution in [3.63, 3.8) is 0 Å². The van der Waals surface area contributed by atoms with E-state index in [1.807, 2.05) is 0 Å². The second-order valence-corrected chi connectivity index (χ2v) is 3.63. The standard InChI is InChI=1S/C9H13NO5/c1-5-4-7(12)10(8(5)13)3-2-6(11)9(14)15/h5-6,11H,2-4H2,1H3,(H,14,15). The summed E-state index contributed by atoms with van der Waals surface area (Å²) >= 11 is 0. The van der Waals surface area contributed by atoms with Crippen LogP contribution in [-0.2, 0) is 14.4 Å². The van der Waals surface area contributed by atoms with Crippen molar-refractivity contribution in [1.82, 2.24) is 4.90 Å². The molecule has 0 bridgehead atoms. The van der Waals surface area contributed by atoms with Gasteiger partial charge in [0.25, 0.3) is 0 Å². The second kappa shape index (κ2) is 4.39. The molecular formula is C9H13NO5. The molecule has 0 spiro atoms. The van der Waals surface area contributed by atoms with E-state index in [4.69, 9.17) is 10.2 Å². The Labute approximate surface area is 86.5 Å². The molecular weight excluding hydrogens is 202 g/mol. The number of aliphatic hydroxyl groups is 1. The number of hydrogen-bond donors (Lipinski definition) is 2. The largest absolute Gasteiger partial charge is 0.479 e. The molecule has 1 heterocycles. The molecule has 6 nitrogen and oxygen atoms in total. The third-order valence-electron chi connectivity index (χ3n) is 2.38. The van der Waals surface area contributed by atoms with Crippen molar-refractivity contribution < 1.29 is 24.6 Å². The number of rotatable bonds is 4. The van der Waals surface area contributed by atoms with E-state index in [9.17, 15) is 14.4 Å². The number of nitrogens with zero attached hydrogens (tertiary/aromatic N) is 1. The van der Waals surface area contributed by atoms with Crippen LogP contribution in [-0.4, -0.2) is 45.5 Å². The van der Waals surface area contributed by atoms with Gasteiger partial charge in [0.05, 0.1) is 0 Å². The van der Waals surface area contributed by atoms with Gasteiger partial charge in [-0.1, -0.05) is 6.92 Å². The van der Waals surface area contributed by atoms with Crippen LogP contribution >= 0.6 is 0 Å². The Bertz CT molecular complexity index is 301. The molecule has 1 aliphatic rings. The number of hydrogen-bond acceptors (Lipinski definition) is 4. The van der Waals surface area contributed by atoms with E-state index in [0.717, 1.165) is 4.90 Å². The molecule has 1 aliphatic heterocycles. The molecule has 1 fully saturated rings. The van der Waals surface area contributed by atoms with Crippen LogP contribution in [0.3, 0.4) is 0 Å². The van der Waals surface area contributed by atoms with Crippen molar-refractivity contribution in [3.8, 4) is 0 Å². The summed E-state index contributed by atoms with van der Waals surface area (Å²) in [6.45, 7) is 1.61. The highest BCUT2D eigenvalue weighted by molar-refractivity contribution is 6.03. The summed E-state index contributed by atoms with van der Waals surface area (Å²) in [4.78, 5) is 33.9. The fraction of sp³-hybridized carbons (Fsp3) is 0.667. The lowest BCUT2D eigenvalue weighted by Gasteiger charge is -2.15. The minimum absolute atomic E-state index is 0.0323. The lowest BCUT2D eigenvalue weighted by atomic mass is 10.1. The van der Waals surface area contributed by atoms with Crippen molar-refractivity contribution in [3.05, 3.63) is 0 Å². The van der Waals surface area contributed by atoms with Crippen molar-refractivity contribution in [1.29, 1.82) is 0 Å². The molecule has 0 aliphatic carbocycles. The van der Waals surface area contributed by atoms with Crippen molar-refractivity contribution >= 4 is 17.8 Å². The maximum Gasteiger partial charge on any atom is 0.332 e. The highest BCUT2D eigenvalue weighted by Gasteiger charge is 2.35. The maximum absolute atomic E-state index is 11.4. The molecule has 2 N–H and O–H groups in total. The third-order valence-corrected chi connectivity index (χ3v) is 2.38. The molecule has 2 unspecified atom stereocenters. The fourth-order valence-electron chi connectivity index (χ4n) is 1.46. The van der Waals surface area contributed by atoms with Gasteiger partial charge in [0.1, 0.15) is 0 Å². The zero-order chi connectivity index (χ0) is 11.6. The van der Waals surface area contributed by atoms with Gasteiger partial charge in [-0.05, 0) is 0 Å². The van der Waals surface area contributed by atoms with Crippen LogP contribution in [0.2, 0.25) is 0 Å². The summed E-state index contributed by atoms with van der Waals surface area (Å²) in [5.41, 5.74) is 0. The zero-order valence-electron chi connectivity index (χ0n) is 8.34. The molecule has 2 amide bonds. The lowest BCUT2D eigenvalue weighted by molar-refractivity contribution is -0.149. The maximum atomic E-state index is 11.4. The van der Waals surface area contributed by atoms with Crippen molar-refractivity contribution in [2.45, 2.75) is 25.9 Å². The first kappa shape index (κ1) is 11.6. The normalized spacial score (nSPS) is 23.3. The molecule has 0 aromatic heterocycles. The predicted molar refractivity (Wildman–Crippen MR) is 48.8 cm³/mol. The number of likely N-dealkylation sites (tertiary alicyclic amines) is 1. The molecule has 1 rings (SSSR count). The summed E-state index contributed by atoms with van der Waals surface area (Å²) in [5.74, 6) is -2.27. The Hall–Kier alpha value is -1.43. The van der Waals surface area contributed by atoms with Crippen molar-refractivity contribution in [2.75, 3.05) is 6.54 Å². The number of imide groups is 1. The summed E-state index contributed by atoms with van der Waals surface area (Å²) < 4.78 is 0. The number of carboxylic acid groups (broad SMARTS) is 1. The van der Waals surface area contributed by atoms with Gasteiger partial charge in [-0.25, -0.2) is 4.79 Å². The summed E-state index contributed by atoms with van der Waals surface area (Å²) in [6.07, 6.45) is -1.48. The molecule has 2 atom stereocenters. The molecule has 6 heteroatoms. The second-order valence-electron chi connectivity index (χ2n) is 3.63. The van der Waals surface area contributed by atoms with E-state index in [-0.39, 0.29) is 37.1 Å². The molecule has 0 aromatic carbocycles. The SMILES string of the molecule is CC1CC(=O)N(CCC(O)C(=O)O)C1=O. The van der Waals surface area contributed by atoms with Crippen LogP contribution in [0.25, 0.3) is 0 Å². The molecule has 0 saturated carbocycles. The average molecular weight is 215 g/mol. The first-order chi connectivity index (χ1) is 6.93. The Kier molecular flexibility index (Phi) is 3.41. The minimum atomic E-state index is -1.53. The van der Waals surface area contributed by atoms with Crippen LogP contribution in [0.4, 0.5) is 0 Å². The Morgan fingerprint density at radius 1 is 1.60 bits per heavy atom. The number of amides is 2. The highest BCUT2D eigenvalue weighted by atomic mass is 16.4. The van der Waals surface area contributed by atoms with E-state index < -0.39 is 12.1 Å². The Morgan fingerprint density at radius 2 is 2.20 bits per heavy atom. The monoisotopic (exact) mass is 215 g/mol. The number of carbonyl (C=O) groups excluding carboxylic acids is 2. The number of aliphatic carboxylic acids is 1. The minimum Gasteiger partial charge on any atom is -0.479 e. The quantitative estimate of drug-likeness (QED) is 0.600. The first-order valence-electron chi connectivity index (χ1n) is 4.68. The van der Waals surface area contributed by atoms with E-state index >= 15 is 0 Å². The molecule has 1 saturated heterocycles. The van der Waals surface area contributed by atoms with Crippen LogP contribution in [0.15, 0.2) is 0 Å². The summed E-state index contributed by atoms with van der Waals surface area (Å²) in [5, 5.41) is 17.4. The van der Waals surface area contributed by atoms with E-state index in [0.29, 0.717) is 0 Å². The first-order valence-corrected chi connectivity index (χ1v) is 4.68. The van der Waals surface area contributed by atoms with Gasteiger partial charge >= 0.3 is 5.97 Å². The third kappa shape index (κ3) is 2.53. The highest BCUT2D eigenvalue weighted by Crippen LogP contribution is 2.18. The van der Waals surface area contributed by atoms with Gasteiger partial charge in [0, 0.05) is 25.3 Å². The van der Waals surface area contributed by atoms with Gasteiger partial charge in [0.2, 0.25) is 11.8 Å². The summed E-state index contributed by atoms with van der Waals surface area (Å²) in [6, 6.07) is 0. The van der Waals surface area contributed by atoms with Crippen LogP contribution in [0, 0.1) is 5.92 Å². The van der Waals surface area contributed by atoms with Gasteiger partial charge in [-0.3, -0.25) is 14.5 Å². The smallest absolute Gasteiger partial charge is 0.332 e. The van der Waals surface area contributed by atoms with Gasteiger partial charge in [-0.2, -0.15) is 0 Å². The summed E-state index contributed by atoms with van der Waals surface area (Å²) in [7, 11) is 0. The molecule has 0 aromatic rings. The van der Waals surface area contributed by atoms with E-state index in [1.54, 1.807) is 6.92 Å². The number of carboxylic acids is 1. The topological polar surface area (TPSA) is 94.9 Å². The van der Waals surface area contributed by atoms with Crippen LogP contribution in [0.5, 0.6) is 0 Å². The Morgan fingerprint density at radius 3 is 2.60 bits per heavy atom. The molecule has 84 valence electrons. The number of carbonyl (C=O) groups is 3. The zero-order valence-corrected chi connectivity index (χ0v) is 8.34. The van der Waals surface area contributed by atoms with Crippen LogP contribution in [0.1, 0.15) is 19.8 Å².